The van der Waals surface area contributed by atoms with Crippen molar-refractivity contribution >= 4 is 13.7 Å². The van der Waals surface area contributed by atoms with Gasteiger partial charge in [0.05, 0.1) is 39.9 Å². The Morgan fingerprint density at radius 3 is 0.951 bits per heavy atom. The highest BCUT2D eigenvalue weighted by Gasteiger charge is 2.23. The van der Waals surface area contributed by atoms with Crippen molar-refractivity contribution in [3.05, 3.63) is 24.3 Å². The summed E-state index contributed by atoms with van der Waals surface area (Å²) in [5.74, 6) is -0.188. The summed E-state index contributed by atoms with van der Waals surface area (Å²) in [6.45, 7) is 4.71. The third-order valence-corrected chi connectivity index (χ3v) is 18.1. The van der Waals surface area contributed by atoms with Gasteiger partial charge >= 0.3 is 0 Å². The number of phosphoric acid groups is 1. The van der Waals surface area contributed by atoms with E-state index in [1.165, 1.54) is 327 Å². The van der Waals surface area contributed by atoms with E-state index in [-0.39, 0.29) is 19.1 Å². The molecule has 0 spiro atoms. The van der Waals surface area contributed by atoms with E-state index in [1.54, 1.807) is 6.08 Å². The lowest BCUT2D eigenvalue weighted by atomic mass is 10.0. The van der Waals surface area contributed by atoms with Crippen molar-refractivity contribution in [1.82, 2.24) is 5.32 Å². The van der Waals surface area contributed by atoms with Crippen LogP contribution in [0.5, 0.6) is 0 Å². The minimum Gasteiger partial charge on any atom is -0.756 e. The van der Waals surface area contributed by atoms with Crippen LogP contribution in [0.25, 0.3) is 0 Å². The number of aliphatic hydroxyl groups is 1. The molecule has 1 amide bonds. The van der Waals surface area contributed by atoms with Crippen LogP contribution in [-0.4, -0.2) is 68.5 Å². The van der Waals surface area contributed by atoms with Gasteiger partial charge in [0.1, 0.15) is 13.2 Å². The topological polar surface area (TPSA) is 108 Å². The van der Waals surface area contributed by atoms with Gasteiger partial charge in [-0.2, -0.15) is 0 Å². The zero-order valence-corrected chi connectivity index (χ0v) is 56.9. The van der Waals surface area contributed by atoms with Crippen molar-refractivity contribution in [1.29, 1.82) is 0 Å². The SMILES string of the molecule is CCCCCCCCCC/C=C\CCCCCCCCCCCCCCCCCCCCCCCCCCCCCCCC(=O)NC(COP(=O)([O-])OCC[N+](C)(C)C)C(O)/C=C/CCCCCCCCCCCCCCCCCCC. The Bertz CT molecular complexity index is 1390. The van der Waals surface area contributed by atoms with Gasteiger partial charge in [0, 0.05) is 6.42 Å². The lowest BCUT2D eigenvalue weighted by Gasteiger charge is -2.29. The average Bonchev–Trinajstić information content (AvgIpc) is 3.47. The Hall–Kier alpha value is -1.02. The Morgan fingerprint density at radius 1 is 0.415 bits per heavy atom. The van der Waals surface area contributed by atoms with E-state index in [9.17, 15) is 19.4 Å². The second-order valence-electron chi connectivity index (χ2n) is 26.7. The van der Waals surface area contributed by atoms with Crippen LogP contribution in [0.4, 0.5) is 0 Å². The van der Waals surface area contributed by atoms with Gasteiger partial charge < -0.3 is 28.8 Å². The molecule has 0 radical (unpaired) electrons. The normalized spacial score (nSPS) is 13.7. The van der Waals surface area contributed by atoms with Crippen LogP contribution in [-0.2, 0) is 18.4 Å². The predicted octanol–water partition coefficient (Wildman–Crippen LogP) is 22.8. The van der Waals surface area contributed by atoms with E-state index in [0.717, 1.165) is 38.5 Å². The lowest BCUT2D eigenvalue weighted by molar-refractivity contribution is -0.870. The lowest BCUT2D eigenvalue weighted by Crippen LogP contribution is -2.45. The smallest absolute Gasteiger partial charge is 0.268 e. The predicted molar refractivity (Wildman–Crippen MR) is 358 cm³/mol. The summed E-state index contributed by atoms with van der Waals surface area (Å²) in [6.07, 6.45) is 84.7. The van der Waals surface area contributed by atoms with Crippen LogP contribution < -0.4 is 10.2 Å². The molecule has 3 atom stereocenters. The van der Waals surface area contributed by atoms with E-state index in [2.05, 4.69) is 31.3 Å². The Balaban J connectivity index is 3.87. The summed E-state index contributed by atoms with van der Waals surface area (Å²) >= 11 is 0. The molecule has 0 aromatic carbocycles. The maximum atomic E-state index is 13.0. The van der Waals surface area contributed by atoms with Gasteiger partial charge in [-0.15, -0.1) is 0 Å². The summed E-state index contributed by atoms with van der Waals surface area (Å²) in [6, 6.07) is -0.884. The first-order chi connectivity index (χ1) is 40.0. The van der Waals surface area contributed by atoms with Gasteiger partial charge in [-0.1, -0.05) is 359 Å². The van der Waals surface area contributed by atoms with Gasteiger partial charge in [0.15, 0.2) is 0 Å². The first-order valence-corrected chi connectivity index (χ1v) is 38.2. The highest BCUT2D eigenvalue weighted by Crippen LogP contribution is 2.38. The van der Waals surface area contributed by atoms with E-state index in [4.69, 9.17) is 9.05 Å². The van der Waals surface area contributed by atoms with Crippen LogP contribution in [0.2, 0.25) is 0 Å². The summed E-state index contributed by atoms with van der Waals surface area (Å²) in [4.78, 5) is 25.6. The summed E-state index contributed by atoms with van der Waals surface area (Å²) in [5.41, 5.74) is 0. The minimum absolute atomic E-state index is 0.00229. The quantitative estimate of drug-likeness (QED) is 0.0272. The number of carbonyl (C=O) groups excluding carboxylic acids is 1. The van der Waals surface area contributed by atoms with Crippen LogP contribution in [0.3, 0.4) is 0 Å². The highest BCUT2D eigenvalue weighted by molar-refractivity contribution is 7.45. The molecule has 0 aliphatic rings. The van der Waals surface area contributed by atoms with E-state index < -0.39 is 20.0 Å². The van der Waals surface area contributed by atoms with Gasteiger partial charge in [0.2, 0.25) is 5.91 Å². The summed E-state index contributed by atoms with van der Waals surface area (Å²) < 4.78 is 23.4. The molecule has 82 heavy (non-hydrogen) atoms. The molecule has 0 bridgehead atoms. The zero-order valence-electron chi connectivity index (χ0n) is 56.0. The van der Waals surface area contributed by atoms with Crippen molar-refractivity contribution in [3.63, 3.8) is 0 Å². The number of carbonyl (C=O) groups is 1. The van der Waals surface area contributed by atoms with Crippen molar-refractivity contribution in [2.75, 3.05) is 40.9 Å². The number of hydrogen-bond donors (Lipinski definition) is 2. The third-order valence-electron chi connectivity index (χ3n) is 17.2. The monoisotopic (exact) mass is 1180 g/mol. The number of phosphoric ester groups is 1. The molecule has 0 aromatic heterocycles. The Kier molecular flexibility index (Phi) is 63.7. The molecule has 8 nitrogen and oxygen atoms in total. The van der Waals surface area contributed by atoms with Gasteiger partial charge in [-0.3, -0.25) is 9.36 Å². The number of nitrogens with one attached hydrogen (secondary N) is 1. The molecular weight excluding hydrogens is 1030 g/mol. The second-order valence-corrected chi connectivity index (χ2v) is 28.1. The van der Waals surface area contributed by atoms with Crippen LogP contribution >= 0.6 is 7.82 Å². The molecule has 0 saturated carbocycles. The number of hydrogen-bond acceptors (Lipinski definition) is 6. The van der Waals surface area contributed by atoms with Gasteiger partial charge in [0.25, 0.3) is 7.82 Å². The van der Waals surface area contributed by atoms with Crippen molar-refractivity contribution in [3.8, 4) is 0 Å². The fraction of sp³-hybridized carbons (Fsp3) is 0.932. The number of likely N-dealkylation sites (N-methyl/N-ethyl adjacent to an activating group) is 1. The number of aliphatic hydroxyl groups excluding tert-OH is 1. The highest BCUT2D eigenvalue weighted by atomic mass is 31.2. The number of nitrogens with zero attached hydrogens (tertiary/aromatic N) is 1. The fourth-order valence-corrected chi connectivity index (χ4v) is 12.2. The molecule has 0 rings (SSSR count). The fourth-order valence-electron chi connectivity index (χ4n) is 11.4. The first kappa shape index (κ1) is 81.0. The molecule has 0 saturated heterocycles. The maximum absolute atomic E-state index is 13.0. The first-order valence-electron chi connectivity index (χ1n) is 36.7. The molecule has 0 fully saturated rings. The summed E-state index contributed by atoms with van der Waals surface area (Å²) in [7, 11) is 1.28. The number of quaternary nitrogens is 1. The van der Waals surface area contributed by atoms with Gasteiger partial charge in [-0.25, -0.2) is 0 Å². The average molecular weight is 1180 g/mol. The van der Waals surface area contributed by atoms with Gasteiger partial charge in [-0.05, 0) is 44.9 Å². The second kappa shape index (κ2) is 64.5. The largest absolute Gasteiger partial charge is 0.756 e. The van der Waals surface area contributed by atoms with Crippen LogP contribution in [0.15, 0.2) is 24.3 Å². The van der Waals surface area contributed by atoms with Crippen molar-refractivity contribution in [2.24, 2.45) is 0 Å². The number of allylic oxidation sites excluding steroid dienone is 3. The van der Waals surface area contributed by atoms with Crippen molar-refractivity contribution < 1.29 is 32.9 Å². The molecule has 2 N–H and O–H groups in total. The molecular formula is C73H145N2O6P. The van der Waals surface area contributed by atoms with Crippen LogP contribution in [0, 0.1) is 0 Å². The number of unbranched alkanes of at least 4 members (excludes halogenated alkanes) is 54. The van der Waals surface area contributed by atoms with E-state index in [0.29, 0.717) is 17.4 Å². The standard InChI is InChI=1S/C73H145N2O6P/c1-6-8-10-12-14-16-18-20-22-24-26-27-28-29-30-31-32-33-34-35-36-37-38-39-40-41-42-43-44-45-46-47-49-51-53-55-57-59-61-63-65-67-73(77)74-71(70-81-82(78,79)80-69-68-75(3,4)5)72(76)66-64-62-60-58-56-54-52-50-48-25-23-21-19-17-15-13-11-9-7-2/h24,26,64,66,71-72,76H,6-23,25,27-63,65,67-70H2,1-5H3,(H-,74,77,78,79)/b26-24-,66-64+. The zero-order chi connectivity index (χ0) is 59.8. The minimum atomic E-state index is -4.60. The molecule has 3 unspecified atom stereocenters. The maximum Gasteiger partial charge on any atom is 0.268 e. The van der Waals surface area contributed by atoms with Crippen LogP contribution in [0.1, 0.15) is 386 Å². The number of rotatable bonds is 69. The van der Waals surface area contributed by atoms with Crippen molar-refractivity contribution in [2.45, 2.75) is 398 Å². The molecule has 0 aromatic rings. The molecule has 0 aliphatic heterocycles. The Labute approximate surface area is 513 Å². The number of amides is 1. The molecule has 488 valence electrons. The van der Waals surface area contributed by atoms with E-state index >= 15 is 0 Å². The molecule has 0 heterocycles. The summed E-state index contributed by atoms with van der Waals surface area (Å²) in [5, 5.41) is 14.0. The molecule has 0 aliphatic carbocycles. The third kappa shape index (κ3) is 66.5. The Morgan fingerprint density at radius 2 is 0.671 bits per heavy atom. The van der Waals surface area contributed by atoms with E-state index in [1.807, 2.05) is 27.2 Å². The molecule has 9 heteroatoms.